The van der Waals surface area contributed by atoms with Crippen LogP contribution in [0, 0.1) is 11.6 Å². The molecule has 6 rings (SSSR count). The van der Waals surface area contributed by atoms with Gasteiger partial charge in [0.2, 0.25) is 0 Å². The highest BCUT2D eigenvalue weighted by Crippen LogP contribution is 2.28. The van der Waals surface area contributed by atoms with Gasteiger partial charge in [-0.1, -0.05) is 54.5 Å². The fraction of sp³-hybridized carbons (Fsp3) is 0.167. The number of aromatic amines is 1. The molecule has 1 aliphatic rings. The minimum atomic E-state index is -0.936. The maximum absolute atomic E-state index is 14.2. The summed E-state index contributed by atoms with van der Waals surface area (Å²) >= 11 is 0. The number of hydrogen-bond donors (Lipinski definition) is 1. The van der Waals surface area contributed by atoms with E-state index in [0.29, 0.717) is 31.2 Å². The van der Waals surface area contributed by atoms with E-state index in [1.165, 1.54) is 12.1 Å². The van der Waals surface area contributed by atoms with Gasteiger partial charge in [-0.05, 0) is 41.8 Å². The summed E-state index contributed by atoms with van der Waals surface area (Å²) in [5, 5.41) is 10.4. The molecular formula is C30H25F2N5O2. The molecule has 2 aromatic heterocycles. The number of fused-ring (bicyclic) bond motifs is 1. The fourth-order valence-electron chi connectivity index (χ4n) is 4.42. The average Bonchev–Trinajstić information content (AvgIpc) is 3.61. The Labute approximate surface area is 223 Å². The SMILES string of the molecule is CCCOc1ccc(-c2ccc(-c3cc(CN4Cc5[nH]c(-c6cccc(F)c6F)nc5C=N4)on3)cc2)cc1. The molecule has 1 aliphatic heterocycles. The first-order chi connectivity index (χ1) is 19.1. The van der Waals surface area contributed by atoms with E-state index in [-0.39, 0.29) is 11.4 Å². The quantitative estimate of drug-likeness (QED) is 0.241. The summed E-state index contributed by atoms with van der Waals surface area (Å²) in [7, 11) is 0. The first-order valence-corrected chi connectivity index (χ1v) is 12.7. The number of halogens is 2. The van der Waals surface area contributed by atoms with Crippen molar-refractivity contribution in [3.8, 4) is 39.5 Å². The van der Waals surface area contributed by atoms with Crippen molar-refractivity contribution < 1.29 is 18.0 Å². The number of imidazole rings is 1. The number of benzene rings is 3. The van der Waals surface area contributed by atoms with Gasteiger partial charge in [-0.15, -0.1) is 0 Å². The number of ether oxygens (including phenoxy) is 1. The minimum Gasteiger partial charge on any atom is -0.494 e. The number of hydrazone groups is 1. The van der Waals surface area contributed by atoms with Gasteiger partial charge in [-0.25, -0.2) is 13.8 Å². The molecule has 1 N–H and O–H groups in total. The minimum absolute atomic E-state index is 0.0771. The summed E-state index contributed by atoms with van der Waals surface area (Å²) in [6.07, 6.45) is 2.57. The van der Waals surface area contributed by atoms with Crippen LogP contribution in [-0.4, -0.2) is 33.0 Å². The third-order valence-corrected chi connectivity index (χ3v) is 6.44. The van der Waals surface area contributed by atoms with Gasteiger partial charge in [0, 0.05) is 11.6 Å². The number of rotatable bonds is 8. The summed E-state index contributed by atoms with van der Waals surface area (Å²) in [6, 6.07) is 22.1. The van der Waals surface area contributed by atoms with Gasteiger partial charge in [-0.3, -0.25) is 5.01 Å². The molecule has 3 aromatic carbocycles. The number of hydrogen-bond acceptors (Lipinski definition) is 6. The number of H-pyrrole nitrogens is 1. The van der Waals surface area contributed by atoms with E-state index in [2.05, 4.69) is 51.4 Å². The molecule has 0 radical (unpaired) electrons. The molecule has 0 atom stereocenters. The molecule has 39 heavy (non-hydrogen) atoms. The molecule has 0 saturated carbocycles. The van der Waals surface area contributed by atoms with E-state index in [9.17, 15) is 8.78 Å². The zero-order chi connectivity index (χ0) is 26.8. The predicted molar refractivity (Wildman–Crippen MR) is 144 cm³/mol. The maximum atomic E-state index is 14.2. The van der Waals surface area contributed by atoms with Crippen LogP contribution in [0.4, 0.5) is 8.78 Å². The van der Waals surface area contributed by atoms with Crippen LogP contribution in [0.1, 0.15) is 30.5 Å². The van der Waals surface area contributed by atoms with Crippen LogP contribution in [0.3, 0.4) is 0 Å². The second-order valence-electron chi connectivity index (χ2n) is 9.25. The Morgan fingerprint density at radius 3 is 2.49 bits per heavy atom. The first-order valence-electron chi connectivity index (χ1n) is 12.7. The normalized spacial score (nSPS) is 12.5. The molecule has 0 spiro atoms. The van der Waals surface area contributed by atoms with Gasteiger partial charge in [0.15, 0.2) is 17.4 Å². The van der Waals surface area contributed by atoms with E-state index in [0.717, 1.165) is 46.3 Å². The van der Waals surface area contributed by atoms with Crippen molar-refractivity contribution in [2.75, 3.05) is 6.61 Å². The van der Waals surface area contributed by atoms with Crippen LogP contribution in [-0.2, 0) is 13.1 Å². The second kappa shape index (κ2) is 10.5. The van der Waals surface area contributed by atoms with Crippen molar-refractivity contribution in [1.29, 1.82) is 0 Å². The Morgan fingerprint density at radius 2 is 1.72 bits per heavy atom. The lowest BCUT2D eigenvalue weighted by molar-refractivity contribution is 0.229. The van der Waals surface area contributed by atoms with Crippen molar-refractivity contribution in [2.45, 2.75) is 26.4 Å². The van der Waals surface area contributed by atoms with E-state index in [4.69, 9.17) is 9.26 Å². The Balaban J connectivity index is 1.11. The van der Waals surface area contributed by atoms with Crippen LogP contribution >= 0.6 is 0 Å². The molecule has 9 heteroatoms. The molecule has 5 aromatic rings. The van der Waals surface area contributed by atoms with Crippen LogP contribution < -0.4 is 4.74 Å². The highest BCUT2D eigenvalue weighted by molar-refractivity contribution is 5.80. The molecule has 0 fully saturated rings. The fourth-order valence-corrected chi connectivity index (χ4v) is 4.42. The van der Waals surface area contributed by atoms with Crippen LogP contribution in [0.15, 0.2) is 82.4 Å². The molecule has 0 bridgehead atoms. The van der Waals surface area contributed by atoms with Crippen LogP contribution in [0.25, 0.3) is 33.8 Å². The summed E-state index contributed by atoms with van der Waals surface area (Å²) in [4.78, 5) is 7.46. The maximum Gasteiger partial charge on any atom is 0.169 e. The Bertz CT molecular complexity index is 1620. The molecule has 196 valence electrons. The molecular weight excluding hydrogens is 500 g/mol. The lowest BCUT2D eigenvalue weighted by Crippen LogP contribution is -2.21. The third kappa shape index (κ3) is 5.16. The highest BCUT2D eigenvalue weighted by Gasteiger charge is 2.21. The van der Waals surface area contributed by atoms with Gasteiger partial charge in [0.1, 0.15) is 23.0 Å². The van der Waals surface area contributed by atoms with Crippen LogP contribution in [0.2, 0.25) is 0 Å². The zero-order valence-electron chi connectivity index (χ0n) is 21.2. The van der Waals surface area contributed by atoms with Crippen molar-refractivity contribution in [2.24, 2.45) is 5.10 Å². The summed E-state index contributed by atoms with van der Waals surface area (Å²) in [6.45, 7) is 3.58. The van der Waals surface area contributed by atoms with Crippen molar-refractivity contribution in [1.82, 2.24) is 20.1 Å². The summed E-state index contributed by atoms with van der Waals surface area (Å²) < 4.78 is 39.1. The van der Waals surface area contributed by atoms with Gasteiger partial charge < -0.3 is 14.2 Å². The monoisotopic (exact) mass is 525 g/mol. The van der Waals surface area contributed by atoms with E-state index in [1.807, 2.05) is 30.3 Å². The average molecular weight is 526 g/mol. The van der Waals surface area contributed by atoms with Gasteiger partial charge in [0.25, 0.3) is 0 Å². The number of aromatic nitrogens is 3. The standard InChI is InChI=1S/C30H25F2N5O2/c1-2-14-38-22-12-10-20(11-13-22)19-6-8-21(9-7-19)26-15-23(39-36-26)17-37-18-28-27(16-33-37)34-30(35-28)24-4-3-5-25(31)29(24)32/h3-13,15-16H,2,14,17-18H2,1H3,(H,34,35). The Kier molecular flexibility index (Phi) is 6.62. The first kappa shape index (κ1) is 24.5. The van der Waals surface area contributed by atoms with Crippen molar-refractivity contribution in [3.63, 3.8) is 0 Å². The topological polar surface area (TPSA) is 79.5 Å². The summed E-state index contributed by atoms with van der Waals surface area (Å²) in [5.41, 5.74) is 5.29. The van der Waals surface area contributed by atoms with Gasteiger partial charge in [0.05, 0.1) is 37.2 Å². The predicted octanol–water partition coefficient (Wildman–Crippen LogP) is 6.82. The van der Waals surface area contributed by atoms with Gasteiger partial charge in [-0.2, -0.15) is 5.10 Å². The lowest BCUT2D eigenvalue weighted by atomic mass is 10.0. The second-order valence-corrected chi connectivity index (χ2v) is 9.25. The molecule has 7 nitrogen and oxygen atoms in total. The van der Waals surface area contributed by atoms with Gasteiger partial charge >= 0.3 is 0 Å². The summed E-state index contributed by atoms with van der Waals surface area (Å²) in [5.74, 6) is -0.0752. The largest absolute Gasteiger partial charge is 0.494 e. The van der Waals surface area contributed by atoms with Crippen molar-refractivity contribution >= 4 is 6.21 Å². The van der Waals surface area contributed by atoms with E-state index in [1.54, 1.807) is 11.2 Å². The third-order valence-electron chi connectivity index (χ3n) is 6.44. The number of nitrogens with one attached hydrogen (secondary N) is 1. The Morgan fingerprint density at radius 1 is 0.974 bits per heavy atom. The molecule has 0 unspecified atom stereocenters. The number of nitrogens with zero attached hydrogens (tertiary/aromatic N) is 4. The molecule has 3 heterocycles. The van der Waals surface area contributed by atoms with E-state index >= 15 is 0 Å². The molecule has 0 amide bonds. The highest BCUT2D eigenvalue weighted by atomic mass is 19.2. The smallest absolute Gasteiger partial charge is 0.169 e. The molecule has 0 aliphatic carbocycles. The van der Waals surface area contributed by atoms with E-state index < -0.39 is 11.6 Å². The zero-order valence-corrected chi connectivity index (χ0v) is 21.2. The molecule has 0 saturated heterocycles. The lowest BCUT2D eigenvalue weighted by Gasteiger charge is -2.19. The Hall–Kier alpha value is -4.79. The van der Waals surface area contributed by atoms with Crippen molar-refractivity contribution in [3.05, 3.63) is 102 Å². The van der Waals surface area contributed by atoms with Crippen LogP contribution in [0.5, 0.6) is 5.75 Å².